The first-order valence-electron chi connectivity index (χ1n) is 13.9. The maximum Gasteiger partial charge on any atom is 0.255 e. The summed E-state index contributed by atoms with van der Waals surface area (Å²) in [5, 5.41) is 18.5. The first kappa shape index (κ1) is 25.1. The minimum atomic E-state index is -0.976. The molecule has 3 aromatic rings. The highest BCUT2D eigenvalue weighted by Crippen LogP contribution is 2.57. The molecule has 0 bridgehead atoms. The molecule has 10 heteroatoms. The Bertz CT molecular complexity index is 1520. The molecule has 0 radical (unpaired) electrons. The van der Waals surface area contributed by atoms with Crippen LogP contribution in [0, 0.1) is 5.41 Å². The Balaban J connectivity index is 1.11. The average Bonchev–Trinajstić information content (AvgIpc) is 3.65. The number of hydrogen-bond donors (Lipinski definition) is 2. The Morgan fingerprint density at radius 1 is 1.15 bits per heavy atom. The van der Waals surface area contributed by atoms with Gasteiger partial charge >= 0.3 is 0 Å². The fraction of sp³-hybridized carbons (Fsp3) is 0.433. The van der Waals surface area contributed by atoms with Crippen LogP contribution in [0.4, 0.5) is 0 Å². The van der Waals surface area contributed by atoms with E-state index in [1.807, 2.05) is 24.3 Å². The quantitative estimate of drug-likeness (QED) is 0.472. The van der Waals surface area contributed by atoms with Crippen LogP contribution in [0.3, 0.4) is 0 Å². The van der Waals surface area contributed by atoms with Crippen molar-refractivity contribution >= 4 is 17.7 Å². The molecular formula is C30H31N5O5. The number of benzene rings is 2. The number of carbonyl (C=O) groups excluding carboxylic acids is 3. The Hall–Kier alpha value is -3.89. The summed E-state index contributed by atoms with van der Waals surface area (Å²) < 4.78 is 4.85. The Morgan fingerprint density at radius 2 is 1.98 bits per heavy atom. The number of nitrogens with one attached hydrogen (secondary N) is 1. The molecule has 1 aromatic heterocycles. The van der Waals surface area contributed by atoms with E-state index in [9.17, 15) is 19.5 Å². The molecule has 0 saturated carbocycles. The van der Waals surface area contributed by atoms with Gasteiger partial charge in [-0.1, -0.05) is 42.4 Å². The van der Waals surface area contributed by atoms with Crippen LogP contribution >= 0.6 is 0 Å². The summed E-state index contributed by atoms with van der Waals surface area (Å²) in [6, 6.07) is 11.5. The molecule has 40 heavy (non-hydrogen) atoms. The molecule has 2 saturated heterocycles. The molecule has 1 aliphatic carbocycles. The van der Waals surface area contributed by atoms with Gasteiger partial charge in [0.15, 0.2) is 0 Å². The van der Waals surface area contributed by atoms with Crippen LogP contribution < -0.4 is 5.32 Å². The van der Waals surface area contributed by atoms with Crippen molar-refractivity contribution in [1.82, 2.24) is 25.3 Å². The third kappa shape index (κ3) is 3.73. The number of likely N-dealkylation sites (tertiary alicyclic amines) is 1. The van der Waals surface area contributed by atoms with Crippen LogP contribution in [0.15, 0.2) is 47.3 Å². The second-order valence-corrected chi connectivity index (χ2v) is 11.6. The normalized spacial score (nSPS) is 27.9. The molecule has 7 rings (SSSR count). The summed E-state index contributed by atoms with van der Waals surface area (Å²) in [4.78, 5) is 45.6. The van der Waals surface area contributed by atoms with Gasteiger partial charge in [0.05, 0.1) is 5.60 Å². The number of fused-ring (bicyclic) bond motifs is 4. The van der Waals surface area contributed by atoms with Crippen LogP contribution in [0.5, 0.6) is 0 Å². The number of aliphatic hydroxyl groups is 1. The predicted octanol–water partition coefficient (Wildman–Crippen LogP) is 2.54. The molecule has 0 spiro atoms. The van der Waals surface area contributed by atoms with Crippen LogP contribution in [0.25, 0.3) is 11.4 Å². The summed E-state index contributed by atoms with van der Waals surface area (Å²) in [7, 11) is 0. The largest absolute Gasteiger partial charge is 0.384 e. The average molecular weight is 542 g/mol. The van der Waals surface area contributed by atoms with Crippen LogP contribution in [0.2, 0.25) is 0 Å². The van der Waals surface area contributed by atoms with Crippen molar-refractivity contribution in [2.45, 2.75) is 63.8 Å². The molecule has 3 atom stereocenters. The van der Waals surface area contributed by atoms with Crippen molar-refractivity contribution < 1.29 is 24.0 Å². The third-order valence-corrected chi connectivity index (χ3v) is 9.57. The zero-order valence-corrected chi connectivity index (χ0v) is 22.4. The minimum absolute atomic E-state index is 0.175. The summed E-state index contributed by atoms with van der Waals surface area (Å²) in [5.41, 5.74) is 4.16. The molecular weight excluding hydrogens is 510 g/mol. The van der Waals surface area contributed by atoms with E-state index < -0.39 is 17.6 Å². The zero-order chi connectivity index (χ0) is 27.6. The topological polar surface area (TPSA) is 129 Å². The van der Waals surface area contributed by atoms with E-state index in [0.29, 0.717) is 37.2 Å². The van der Waals surface area contributed by atoms with Crippen molar-refractivity contribution in [1.29, 1.82) is 0 Å². The zero-order valence-electron chi connectivity index (χ0n) is 22.4. The minimum Gasteiger partial charge on any atom is -0.384 e. The molecule has 3 unspecified atom stereocenters. The number of nitrogens with zero attached hydrogens (tertiary/aromatic N) is 4. The first-order valence-corrected chi connectivity index (χ1v) is 13.9. The molecule has 3 aliphatic heterocycles. The second-order valence-electron chi connectivity index (χ2n) is 11.6. The number of rotatable bonds is 5. The van der Waals surface area contributed by atoms with Crippen molar-refractivity contribution in [3.8, 4) is 11.4 Å². The van der Waals surface area contributed by atoms with Gasteiger partial charge in [0.25, 0.3) is 5.91 Å². The van der Waals surface area contributed by atoms with Gasteiger partial charge in [-0.3, -0.25) is 24.6 Å². The second kappa shape index (κ2) is 9.07. The van der Waals surface area contributed by atoms with E-state index in [4.69, 9.17) is 4.52 Å². The van der Waals surface area contributed by atoms with Crippen molar-refractivity contribution in [2.75, 3.05) is 13.1 Å². The van der Waals surface area contributed by atoms with Gasteiger partial charge in [0, 0.05) is 49.1 Å². The maximum atomic E-state index is 13.4. The van der Waals surface area contributed by atoms with E-state index in [1.54, 1.807) is 4.90 Å². The van der Waals surface area contributed by atoms with Gasteiger partial charge in [0.2, 0.25) is 24.0 Å². The van der Waals surface area contributed by atoms with Crippen molar-refractivity contribution in [3.05, 3.63) is 70.6 Å². The van der Waals surface area contributed by atoms with Gasteiger partial charge in [-0.2, -0.15) is 4.98 Å². The van der Waals surface area contributed by atoms with E-state index in [2.05, 4.69) is 39.4 Å². The van der Waals surface area contributed by atoms with E-state index >= 15 is 0 Å². The smallest absolute Gasteiger partial charge is 0.255 e. The molecule has 4 aliphatic rings. The fourth-order valence-corrected chi connectivity index (χ4v) is 7.38. The lowest BCUT2D eigenvalue weighted by Gasteiger charge is -2.50. The highest BCUT2D eigenvalue weighted by atomic mass is 16.5. The predicted molar refractivity (Wildman–Crippen MR) is 142 cm³/mol. The van der Waals surface area contributed by atoms with Crippen LogP contribution in [0.1, 0.15) is 65.2 Å². The summed E-state index contributed by atoms with van der Waals surface area (Å²) in [5.74, 6) is -0.320. The maximum absolute atomic E-state index is 13.4. The lowest BCUT2D eigenvalue weighted by atomic mass is 9.66. The number of carbonyl (C=O) groups is 3. The Morgan fingerprint density at radius 3 is 2.70 bits per heavy atom. The summed E-state index contributed by atoms with van der Waals surface area (Å²) in [6.45, 7) is 4.74. The monoisotopic (exact) mass is 541 g/mol. The summed E-state index contributed by atoms with van der Waals surface area (Å²) >= 11 is 0. The molecule has 2 fully saturated rings. The molecule has 2 aromatic carbocycles. The highest BCUT2D eigenvalue weighted by molar-refractivity contribution is 6.05. The summed E-state index contributed by atoms with van der Waals surface area (Å²) in [6.07, 6.45) is 4.00. The Kier molecular flexibility index (Phi) is 5.69. The van der Waals surface area contributed by atoms with Crippen molar-refractivity contribution in [2.24, 2.45) is 5.41 Å². The van der Waals surface area contributed by atoms with Gasteiger partial charge in [-0.05, 0) is 54.0 Å². The van der Waals surface area contributed by atoms with Gasteiger partial charge < -0.3 is 14.5 Å². The van der Waals surface area contributed by atoms with E-state index in [0.717, 1.165) is 48.3 Å². The van der Waals surface area contributed by atoms with Crippen molar-refractivity contribution in [3.63, 3.8) is 0 Å². The van der Waals surface area contributed by atoms with Crippen LogP contribution in [-0.4, -0.2) is 61.9 Å². The number of aromatic nitrogens is 2. The molecule has 4 heterocycles. The van der Waals surface area contributed by atoms with Crippen LogP contribution in [-0.2, 0) is 34.7 Å². The highest BCUT2D eigenvalue weighted by Gasteiger charge is 2.59. The number of amides is 3. The lowest BCUT2D eigenvalue weighted by molar-refractivity contribution is -0.137. The third-order valence-electron chi connectivity index (χ3n) is 9.57. The number of piperidine rings is 2. The van der Waals surface area contributed by atoms with E-state index in [1.165, 1.54) is 12.0 Å². The van der Waals surface area contributed by atoms with Gasteiger partial charge in [-0.15, -0.1) is 0 Å². The lowest BCUT2D eigenvalue weighted by Crippen LogP contribution is -2.55. The molecule has 2 N–H and O–H groups in total. The SMILES string of the molecule is CCC12Cc3cc4c(cc3C1(O)CCN(Cc1ccc(-c3ncon3)cc1)C2)CN(C1CCC(=O)NC1=O)C4=O. The molecule has 3 amide bonds. The van der Waals surface area contributed by atoms with Gasteiger partial charge in [-0.25, -0.2) is 0 Å². The Labute approximate surface area is 231 Å². The standard InChI is InChI=1S/C30H31N5O5/c1-2-29-13-20-11-22-21(15-35(28(22)38)24-7-8-25(36)32-27(24)37)12-23(20)30(29,39)9-10-34(16-29)14-18-3-5-19(6-4-18)26-31-17-40-33-26/h3-6,11-12,17,24,39H,2,7-10,13-16H2,1H3,(H,32,36,37). The van der Waals surface area contributed by atoms with Gasteiger partial charge in [0.1, 0.15) is 6.04 Å². The van der Waals surface area contributed by atoms with E-state index in [-0.39, 0.29) is 23.7 Å². The number of imide groups is 1. The molecule has 206 valence electrons. The number of hydrogen-bond acceptors (Lipinski definition) is 8. The first-order chi connectivity index (χ1) is 19.3. The molecule has 10 nitrogen and oxygen atoms in total. The fourth-order valence-electron chi connectivity index (χ4n) is 7.38.